The van der Waals surface area contributed by atoms with E-state index in [9.17, 15) is 5.11 Å². The van der Waals surface area contributed by atoms with Gasteiger partial charge in [-0.25, -0.2) is 0 Å². The quantitative estimate of drug-likeness (QED) is 0.868. The van der Waals surface area contributed by atoms with Crippen molar-refractivity contribution in [2.75, 3.05) is 19.8 Å². The molecule has 1 fully saturated rings. The van der Waals surface area contributed by atoms with Crippen LogP contribution in [0.15, 0.2) is 30.3 Å². The molecule has 0 spiro atoms. The Balaban J connectivity index is 1.92. The summed E-state index contributed by atoms with van der Waals surface area (Å²) < 4.78 is 11.4. The average Bonchev–Trinajstić information content (AvgIpc) is 2.49. The van der Waals surface area contributed by atoms with Crippen LogP contribution >= 0.6 is 0 Å². The smallest absolute Gasteiger partial charge is 0.105 e. The van der Waals surface area contributed by atoms with Gasteiger partial charge in [0.2, 0.25) is 0 Å². The zero-order chi connectivity index (χ0) is 14.4. The molecule has 1 aliphatic rings. The Hall–Kier alpha value is -0.900. The predicted molar refractivity (Wildman–Crippen MR) is 79.5 cm³/mol. The molecule has 2 unspecified atom stereocenters. The molecule has 0 aromatic heterocycles. The Morgan fingerprint density at radius 2 is 1.85 bits per heavy atom. The van der Waals surface area contributed by atoms with E-state index in [2.05, 4.69) is 13.8 Å². The highest BCUT2D eigenvalue weighted by Crippen LogP contribution is 2.26. The van der Waals surface area contributed by atoms with Gasteiger partial charge in [-0.05, 0) is 30.2 Å². The van der Waals surface area contributed by atoms with Gasteiger partial charge in [-0.15, -0.1) is 0 Å². The van der Waals surface area contributed by atoms with Crippen LogP contribution in [0.4, 0.5) is 0 Å². The number of ether oxygens (including phenoxy) is 2. The monoisotopic (exact) mass is 278 g/mol. The summed E-state index contributed by atoms with van der Waals surface area (Å²) in [4.78, 5) is 0. The van der Waals surface area contributed by atoms with Crippen molar-refractivity contribution in [1.82, 2.24) is 0 Å². The zero-order valence-corrected chi connectivity index (χ0v) is 12.5. The normalized spacial score (nSPS) is 20.0. The predicted octanol–water partition coefficient (Wildman–Crippen LogP) is 3.19. The van der Waals surface area contributed by atoms with Crippen molar-refractivity contribution in [2.24, 2.45) is 11.8 Å². The minimum atomic E-state index is -0.559. The minimum Gasteiger partial charge on any atom is -0.386 e. The van der Waals surface area contributed by atoms with Crippen LogP contribution in [0.5, 0.6) is 0 Å². The molecule has 1 N–H and O–H groups in total. The van der Waals surface area contributed by atoms with E-state index in [0.717, 1.165) is 38.2 Å². The van der Waals surface area contributed by atoms with E-state index >= 15 is 0 Å². The number of benzene rings is 1. The summed E-state index contributed by atoms with van der Waals surface area (Å²) in [6, 6.07) is 9.78. The van der Waals surface area contributed by atoms with Crippen molar-refractivity contribution in [3.05, 3.63) is 35.9 Å². The van der Waals surface area contributed by atoms with E-state index in [1.54, 1.807) is 0 Å². The third kappa shape index (κ3) is 4.30. The molecular weight excluding hydrogens is 252 g/mol. The van der Waals surface area contributed by atoms with E-state index in [0.29, 0.717) is 5.92 Å². The van der Waals surface area contributed by atoms with Gasteiger partial charge < -0.3 is 14.6 Å². The van der Waals surface area contributed by atoms with Crippen LogP contribution in [0.2, 0.25) is 0 Å². The minimum absolute atomic E-state index is 0.153. The topological polar surface area (TPSA) is 38.7 Å². The molecule has 1 aliphatic heterocycles. The lowest BCUT2D eigenvalue weighted by atomic mass is 9.95. The van der Waals surface area contributed by atoms with Gasteiger partial charge >= 0.3 is 0 Å². The van der Waals surface area contributed by atoms with E-state index < -0.39 is 6.10 Å². The molecule has 1 aromatic carbocycles. The van der Waals surface area contributed by atoms with Gasteiger partial charge in [0, 0.05) is 13.2 Å². The third-order valence-electron chi connectivity index (χ3n) is 3.97. The molecule has 2 rings (SSSR count). The van der Waals surface area contributed by atoms with Crippen LogP contribution in [0.1, 0.15) is 38.4 Å². The maximum absolute atomic E-state index is 10.5. The van der Waals surface area contributed by atoms with Crippen molar-refractivity contribution >= 4 is 0 Å². The number of hydrogen-bond acceptors (Lipinski definition) is 3. The van der Waals surface area contributed by atoms with Crippen molar-refractivity contribution in [2.45, 2.75) is 38.9 Å². The Morgan fingerprint density at radius 3 is 2.45 bits per heavy atom. The molecular formula is C17H26O3. The maximum Gasteiger partial charge on any atom is 0.105 e. The first-order valence-corrected chi connectivity index (χ1v) is 7.61. The van der Waals surface area contributed by atoms with Gasteiger partial charge in [0.15, 0.2) is 0 Å². The number of aliphatic hydroxyl groups excluding tert-OH is 1. The van der Waals surface area contributed by atoms with E-state index in [1.807, 2.05) is 30.3 Å². The molecule has 0 aliphatic carbocycles. The average molecular weight is 278 g/mol. The van der Waals surface area contributed by atoms with Crippen molar-refractivity contribution < 1.29 is 14.6 Å². The van der Waals surface area contributed by atoms with Crippen LogP contribution in [0, 0.1) is 11.8 Å². The van der Waals surface area contributed by atoms with Crippen molar-refractivity contribution in [1.29, 1.82) is 0 Å². The Morgan fingerprint density at radius 1 is 1.20 bits per heavy atom. The van der Waals surface area contributed by atoms with E-state index in [4.69, 9.17) is 9.47 Å². The van der Waals surface area contributed by atoms with Gasteiger partial charge in [-0.2, -0.15) is 0 Å². The summed E-state index contributed by atoms with van der Waals surface area (Å²) in [5.74, 6) is 0.845. The first-order chi connectivity index (χ1) is 9.68. The summed E-state index contributed by atoms with van der Waals surface area (Å²) in [7, 11) is 0. The molecule has 0 saturated carbocycles. The van der Waals surface area contributed by atoms with Crippen molar-refractivity contribution in [3.8, 4) is 0 Å². The molecule has 1 heterocycles. The summed E-state index contributed by atoms with van der Waals surface area (Å²) in [5, 5.41) is 10.5. The van der Waals surface area contributed by atoms with Crippen LogP contribution in [0.3, 0.4) is 0 Å². The fourth-order valence-corrected chi connectivity index (χ4v) is 2.65. The lowest BCUT2D eigenvalue weighted by molar-refractivity contribution is -0.0841. The molecule has 0 bridgehead atoms. The lowest BCUT2D eigenvalue weighted by Gasteiger charge is -2.30. The van der Waals surface area contributed by atoms with Crippen LogP contribution in [-0.2, 0) is 9.47 Å². The summed E-state index contributed by atoms with van der Waals surface area (Å²) in [6.45, 7) is 6.58. The second-order valence-electron chi connectivity index (χ2n) is 5.95. The first kappa shape index (κ1) is 15.5. The first-order valence-electron chi connectivity index (χ1n) is 7.61. The molecule has 3 heteroatoms. The molecule has 1 saturated heterocycles. The van der Waals surface area contributed by atoms with Crippen molar-refractivity contribution in [3.63, 3.8) is 0 Å². The zero-order valence-electron chi connectivity index (χ0n) is 12.5. The van der Waals surface area contributed by atoms with Gasteiger partial charge in [0.25, 0.3) is 0 Å². The fourth-order valence-electron chi connectivity index (χ4n) is 2.65. The number of rotatable bonds is 6. The molecule has 2 atom stereocenters. The highest BCUT2D eigenvalue weighted by Gasteiger charge is 2.26. The van der Waals surface area contributed by atoms with Gasteiger partial charge in [0.05, 0.1) is 12.7 Å². The third-order valence-corrected chi connectivity index (χ3v) is 3.97. The SMILES string of the molecule is CC(C)C(OCC1CCOCC1)C(O)c1ccccc1. The molecule has 20 heavy (non-hydrogen) atoms. The Labute approximate surface area is 121 Å². The summed E-state index contributed by atoms with van der Waals surface area (Å²) in [6.07, 6.45) is 1.41. The highest BCUT2D eigenvalue weighted by atomic mass is 16.5. The Kier molecular flexibility index (Phi) is 6.02. The molecule has 0 radical (unpaired) electrons. The highest BCUT2D eigenvalue weighted by molar-refractivity contribution is 5.18. The van der Waals surface area contributed by atoms with Crippen LogP contribution in [0.25, 0.3) is 0 Å². The summed E-state index contributed by atoms with van der Waals surface area (Å²) >= 11 is 0. The van der Waals surface area contributed by atoms with Gasteiger partial charge in [-0.3, -0.25) is 0 Å². The largest absolute Gasteiger partial charge is 0.386 e. The molecule has 0 amide bonds. The maximum atomic E-state index is 10.5. The van der Waals surface area contributed by atoms with E-state index in [1.165, 1.54) is 0 Å². The summed E-state index contributed by atoms with van der Waals surface area (Å²) in [5.41, 5.74) is 0.929. The molecule has 1 aromatic rings. The van der Waals surface area contributed by atoms with E-state index in [-0.39, 0.29) is 12.0 Å². The second kappa shape index (κ2) is 7.77. The van der Waals surface area contributed by atoms with Gasteiger partial charge in [-0.1, -0.05) is 44.2 Å². The lowest BCUT2D eigenvalue weighted by Crippen LogP contribution is -2.31. The Bertz CT molecular complexity index is 371. The molecule has 3 nitrogen and oxygen atoms in total. The number of hydrogen-bond donors (Lipinski definition) is 1. The van der Waals surface area contributed by atoms with Gasteiger partial charge in [0.1, 0.15) is 6.10 Å². The fraction of sp³-hybridized carbons (Fsp3) is 0.647. The number of aliphatic hydroxyl groups is 1. The molecule has 112 valence electrons. The van der Waals surface area contributed by atoms with Crippen LogP contribution < -0.4 is 0 Å². The standard InChI is InChI=1S/C17H26O3/c1-13(2)17(16(18)15-6-4-3-5-7-15)20-12-14-8-10-19-11-9-14/h3-7,13-14,16-18H,8-12H2,1-2H3. The second-order valence-corrected chi connectivity index (χ2v) is 5.95. The van der Waals surface area contributed by atoms with Crippen LogP contribution in [-0.4, -0.2) is 31.0 Å².